The number of benzene rings is 2. The zero-order valence-corrected chi connectivity index (χ0v) is 22.1. The first-order valence-corrected chi connectivity index (χ1v) is 12.9. The maximum Gasteiger partial charge on any atom is 0.222 e. The minimum absolute atomic E-state index is 0.106. The van der Waals surface area contributed by atoms with Crippen molar-refractivity contribution in [1.82, 2.24) is 20.1 Å². The van der Waals surface area contributed by atoms with Crippen LogP contribution in [0.25, 0.3) is 5.69 Å². The molecule has 2 aromatic carbocycles. The first-order valence-electron chi connectivity index (χ1n) is 11.9. The molecule has 0 saturated heterocycles. The average molecular weight is 528 g/mol. The smallest absolute Gasteiger partial charge is 0.222 e. The van der Waals surface area contributed by atoms with Gasteiger partial charge in [-0.25, -0.2) is 0 Å². The minimum atomic E-state index is -0.526. The van der Waals surface area contributed by atoms with Crippen LogP contribution in [-0.4, -0.2) is 59.0 Å². The standard InChI is InChI=1S/C26H30ClN5O3S/c1-17-30-31-26-22(16-24(33)28-11-3-12-35-13-4-14-36)29-25(18-5-7-19(27)8-6-18)21-15-20(34-2)9-10-23(21)32(17)26/h5-10,15,22,36H,3-4,11-14,16H2,1-2H3,(H,28,33)/t22-/m0/s1. The number of fused-ring (bicyclic) bond motifs is 3. The van der Waals surface area contributed by atoms with Crippen molar-refractivity contribution in [3.63, 3.8) is 0 Å². The molecule has 0 fully saturated rings. The molecule has 1 amide bonds. The molecular formula is C26H30ClN5O3S. The Balaban J connectivity index is 1.63. The fourth-order valence-corrected chi connectivity index (χ4v) is 4.35. The van der Waals surface area contributed by atoms with Gasteiger partial charge >= 0.3 is 0 Å². The normalized spacial score (nSPS) is 14.4. The van der Waals surface area contributed by atoms with E-state index in [0.717, 1.165) is 41.1 Å². The third-order valence-electron chi connectivity index (χ3n) is 5.86. The fraction of sp³-hybridized carbons (Fsp3) is 0.385. The second kappa shape index (κ2) is 12.4. The number of carbonyl (C=O) groups is 1. The number of amides is 1. The predicted molar refractivity (Wildman–Crippen MR) is 144 cm³/mol. The number of hydrogen-bond donors (Lipinski definition) is 2. The molecule has 1 aliphatic heterocycles. The van der Waals surface area contributed by atoms with Gasteiger partial charge in [0.05, 0.1) is 24.9 Å². The first kappa shape index (κ1) is 26.2. The number of aryl methyl sites for hydroxylation is 1. The number of ether oxygens (including phenoxy) is 2. The molecule has 1 atom stereocenters. The Kier molecular flexibility index (Phi) is 9.01. The van der Waals surface area contributed by atoms with E-state index in [0.29, 0.717) is 42.2 Å². The van der Waals surface area contributed by atoms with E-state index in [1.165, 1.54) is 0 Å². The fourth-order valence-electron chi connectivity index (χ4n) is 4.10. The Labute approximate surface area is 221 Å². The lowest BCUT2D eigenvalue weighted by Gasteiger charge is -2.14. The van der Waals surface area contributed by atoms with Crippen LogP contribution in [0.15, 0.2) is 47.5 Å². The summed E-state index contributed by atoms with van der Waals surface area (Å²) in [5.41, 5.74) is 3.36. The van der Waals surface area contributed by atoms with E-state index in [1.54, 1.807) is 7.11 Å². The quantitative estimate of drug-likeness (QED) is 0.285. The Bertz CT molecular complexity index is 1230. The number of carbonyl (C=O) groups excluding carboxylic acids is 1. The number of thiol groups is 1. The Morgan fingerprint density at radius 1 is 1.14 bits per heavy atom. The molecule has 0 spiro atoms. The summed E-state index contributed by atoms with van der Waals surface area (Å²) in [6.07, 6.45) is 1.79. The largest absolute Gasteiger partial charge is 0.497 e. The number of hydrogen-bond acceptors (Lipinski definition) is 7. The summed E-state index contributed by atoms with van der Waals surface area (Å²) in [6, 6.07) is 12.8. The van der Waals surface area contributed by atoms with Crippen LogP contribution in [0.1, 0.15) is 48.1 Å². The first-order chi connectivity index (χ1) is 17.5. The van der Waals surface area contributed by atoms with E-state index in [9.17, 15) is 4.79 Å². The van der Waals surface area contributed by atoms with E-state index in [2.05, 4.69) is 28.1 Å². The number of aromatic nitrogens is 3. The van der Waals surface area contributed by atoms with Gasteiger partial charge in [0.2, 0.25) is 5.91 Å². The van der Waals surface area contributed by atoms with Crippen molar-refractivity contribution in [3.8, 4) is 11.4 Å². The highest BCUT2D eigenvalue weighted by atomic mass is 35.5. The molecule has 1 aromatic heterocycles. The van der Waals surface area contributed by atoms with E-state index in [1.807, 2.05) is 54.0 Å². The number of aliphatic imine (C=N–C) groups is 1. The summed E-state index contributed by atoms with van der Waals surface area (Å²) in [7, 11) is 1.63. The number of rotatable bonds is 11. The SMILES string of the molecule is COc1ccc2c(c1)C(c1ccc(Cl)cc1)=N[C@@H](CC(=O)NCCCOCCCS)c1nnc(C)n1-2. The van der Waals surface area contributed by atoms with Gasteiger partial charge in [0.25, 0.3) is 0 Å². The topological polar surface area (TPSA) is 90.6 Å². The highest BCUT2D eigenvalue weighted by molar-refractivity contribution is 7.80. The minimum Gasteiger partial charge on any atom is -0.497 e. The molecule has 0 radical (unpaired) electrons. The van der Waals surface area contributed by atoms with Crippen LogP contribution in [0.3, 0.4) is 0 Å². The molecule has 0 aliphatic carbocycles. The summed E-state index contributed by atoms with van der Waals surface area (Å²) in [6.45, 7) is 3.70. The molecule has 8 nitrogen and oxygen atoms in total. The molecule has 0 unspecified atom stereocenters. The monoisotopic (exact) mass is 527 g/mol. The van der Waals surface area contributed by atoms with Crippen molar-refractivity contribution >= 4 is 35.8 Å². The molecule has 0 saturated carbocycles. The lowest BCUT2D eigenvalue weighted by Crippen LogP contribution is -2.27. The van der Waals surface area contributed by atoms with Crippen LogP contribution in [0.4, 0.5) is 0 Å². The van der Waals surface area contributed by atoms with Gasteiger partial charge in [-0.15, -0.1) is 10.2 Å². The van der Waals surface area contributed by atoms with Crippen LogP contribution in [0, 0.1) is 6.92 Å². The Hall–Kier alpha value is -2.88. The summed E-state index contributed by atoms with van der Waals surface area (Å²) < 4.78 is 13.0. The van der Waals surface area contributed by atoms with Crippen LogP contribution in [-0.2, 0) is 9.53 Å². The second-order valence-electron chi connectivity index (χ2n) is 8.42. The molecular weight excluding hydrogens is 498 g/mol. The van der Waals surface area contributed by atoms with Crippen LogP contribution >= 0.6 is 24.2 Å². The molecule has 2 heterocycles. The lowest BCUT2D eigenvalue weighted by atomic mass is 10.00. The molecule has 10 heteroatoms. The van der Waals surface area contributed by atoms with Crippen LogP contribution < -0.4 is 10.1 Å². The molecule has 1 aliphatic rings. The van der Waals surface area contributed by atoms with Crippen molar-refractivity contribution in [2.45, 2.75) is 32.2 Å². The van der Waals surface area contributed by atoms with Crippen LogP contribution in [0.2, 0.25) is 5.02 Å². The van der Waals surface area contributed by atoms with Crippen molar-refractivity contribution in [2.24, 2.45) is 4.99 Å². The van der Waals surface area contributed by atoms with E-state index >= 15 is 0 Å². The van der Waals surface area contributed by atoms with Gasteiger partial charge in [-0.2, -0.15) is 12.6 Å². The van der Waals surface area contributed by atoms with Crippen molar-refractivity contribution in [3.05, 3.63) is 70.3 Å². The number of halogens is 1. The summed E-state index contributed by atoms with van der Waals surface area (Å²) in [4.78, 5) is 18.0. The molecule has 4 rings (SSSR count). The Morgan fingerprint density at radius 2 is 1.92 bits per heavy atom. The maximum atomic E-state index is 12.9. The van der Waals surface area contributed by atoms with E-state index < -0.39 is 6.04 Å². The average Bonchev–Trinajstić information content (AvgIpc) is 3.21. The molecule has 190 valence electrons. The third kappa shape index (κ3) is 6.08. The van der Waals surface area contributed by atoms with Gasteiger partial charge in [0.1, 0.15) is 17.6 Å². The lowest BCUT2D eigenvalue weighted by molar-refractivity contribution is -0.121. The van der Waals surface area contributed by atoms with Crippen molar-refractivity contribution < 1.29 is 14.3 Å². The van der Waals surface area contributed by atoms with Gasteiger partial charge in [0, 0.05) is 35.9 Å². The maximum absolute atomic E-state index is 12.9. The van der Waals surface area contributed by atoms with Crippen molar-refractivity contribution in [1.29, 1.82) is 0 Å². The molecule has 0 bridgehead atoms. The Morgan fingerprint density at radius 3 is 2.67 bits per heavy atom. The third-order valence-corrected chi connectivity index (χ3v) is 6.43. The van der Waals surface area contributed by atoms with Gasteiger partial charge in [-0.1, -0.05) is 23.7 Å². The summed E-state index contributed by atoms with van der Waals surface area (Å²) in [5.74, 6) is 2.74. The van der Waals surface area contributed by atoms with Crippen molar-refractivity contribution in [2.75, 3.05) is 32.6 Å². The molecule has 3 aromatic rings. The van der Waals surface area contributed by atoms with Gasteiger partial charge < -0.3 is 14.8 Å². The number of nitrogens with zero attached hydrogens (tertiary/aromatic N) is 4. The number of nitrogens with one attached hydrogen (secondary N) is 1. The summed E-state index contributed by atoms with van der Waals surface area (Å²) in [5, 5.41) is 12.3. The zero-order chi connectivity index (χ0) is 25.5. The number of methoxy groups -OCH3 is 1. The zero-order valence-electron chi connectivity index (χ0n) is 20.4. The van der Waals surface area contributed by atoms with E-state index in [4.69, 9.17) is 26.1 Å². The highest BCUT2D eigenvalue weighted by Gasteiger charge is 2.30. The van der Waals surface area contributed by atoms with Gasteiger partial charge in [0.15, 0.2) is 5.82 Å². The van der Waals surface area contributed by atoms with Gasteiger partial charge in [-0.3, -0.25) is 14.4 Å². The second-order valence-corrected chi connectivity index (χ2v) is 9.31. The van der Waals surface area contributed by atoms with Gasteiger partial charge in [-0.05, 0) is 55.9 Å². The highest BCUT2D eigenvalue weighted by Crippen LogP contribution is 2.34. The predicted octanol–water partition coefficient (Wildman–Crippen LogP) is 4.36. The summed E-state index contributed by atoms with van der Waals surface area (Å²) >= 11 is 10.3. The molecule has 36 heavy (non-hydrogen) atoms. The van der Waals surface area contributed by atoms with E-state index in [-0.39, 0.29) is 12.3 Å². The molecule has 1 N–H and O–H groups in total. The van der Waals surface area contributed by atoms with Crippen LogP contribution in [0.5, 0.6) is 5.75 Å².